The largest absolute Gasteiger partial charge is 0.378 e. The van der Waals surface area contributed by atoms with Gasteiger partial charge in [-0.05, 0) is 46.3 Å². The molecule has 2 aliphatic rings. The average Bonchev–Trinajstić information content (AvgIpc) is 2.77. The van der Waals surface area contributed by atoms with Crippen molar-refractivity contribution in [3.05, 3.63) is 0 Å². The summed E-state index contributed by atoms with van der Waals surface area (Å²) in [4.78, 5) is 11.8. The van der Waals surface area contributed by atoms with E-state index in [4.69, 9.17) is 4.74 Å². The Kier molecular flexibility index (Phi) is 11.2. The molecule has 0 aromatic rings. The predicted molar refractivity (Wildman–Crippen MR) is 112 cm³/mol. The van der Waals surface area contributed by atoms with Crippen LogP contribution in [0, 0.1) is 0 Å². The summed E-state index contributed by atoms with van der Waals surface area (Å²) in [5.41, 5.74) is 0. The van der Waals surface area contributed by atoms with Gasteiger partial charge in [-0.3, -0.25) is 4.99 Å². The van der Waals surface area contributed by atoms with Crippen molar-refractivity contribution in [2.45, 2.75) is 32.3 Å². The highest BCUT2D eigenvalue weighted by molar-refractivity contribution is 14.0. The van der Waals surface area contributed by atoms with E-state index in [2.05, 4.69) is 39.0 Å². The van der Waals surface area contributed by atoms with Crippen molar-refractivity contribution < 1.29 is 4.74 Å². The van der Waals surface area contributed by atoms with Crippen LogP contribution in [0.5, 0.6) is 0 Å². The van der Waals surface area contributed by atoms with Crippen molar-refractivity contribution in [3.8, 4) is 0 Å². The van der Waals surface area contributed by atoms with Gasteiger partial charge in [0.1, 0.15) is 0 Å². The molecule has 2 aliphatic heterocycles. The number of hydrogen-bond acceptors (Lipinski definition) is 4. The minimum atomic E-state index is 0. The molecule has 7 heteroatoms. The molecule has 2 saturated heterocycles. The molecule has 6 nitrogen and oxygen atoms in total. The average molecular weight is 453 g/mol. The van der Waals surface area contributed by atoms with Crippen LogP contribution < -0.4 is 5.32 Å². The number of hydrogen-bond donors (Lipinski definition) is 1. The third kappa shape index (κ3) is 7.41. The molecule has 2 rings (SSSR count). The monoisotopic (exact) mass is 453 g/mol. The van der Waals surface area contributed by atoms with Gasteiger partial charge in [-0.15, -0.1) is 24.0 Å². The predicted octanol–water partition coefficient (Wildman–Crippen LogP) is 1.32. The Hall–Kier alpha value is -0.120. The lowest BCUT2D eigenvalue weighted by Gasteiger charge is -2.34. The summed E-state index contributed by atoms with van der Waals surface area (Å²) in [6, 6.07) is 0. The summed E-state index contributed by atoms with van der Waals surface area (Å²) in [5.74, 6) is 1.05. The summed E-state index contributed by atoms with van der Waals surface area (Å²) in [6.45, 7) is 11.8. The van der Waals surface area contributed by atoms with Gasteiger partial charge in [-0.2, -0.15) is 0 Å². The molecule has 0 aromatic carbocycles. The molecule has 0 aromatic heterocycles. The summed E-state index contributed by atoms with van der Waals surface area (Å²) in [5, 5.41) is 3.54. The number of likely N-dealkylation sites (N-methyl/N-ethyl adjacent to an activating group) is 1. The van der Waals surface area contributed by atoms with Crippen molar-refractivity contribution in [3.63, 3.8) is 0 Å². The molecule has 0 atom stereocenters. The van der Waals surface area contributed by atoms with E-state index in [0.717, 1.165) is 51.6 Å². The Morgan fingerprint density at radius 2 is 1.88 bits per heavy atom. The van der Waals surface area contributed by atoms with E-state index in [0.29, 0.717) is 6.10 Å². The number of ether oxygens (including phenoxy) is 1. The number of likely N-dealkylation sites (tertiary alicyclic amines) is 1. The summed E-state index contributed by atoms with van der Waals surface area (Å²) >= 11 is 0. The fourth-order valence-corrected chi connectivity index (χ4v) is 3.45. The molecule has 1 N–H and O–H groups in total. The second-order valence-electron chi connectivity index (χ2n) is 6.61. The first-order valence-corrected chi connectivity index (χ1v) is 9.21. The zero-order chi connectivity index (χ0) is 16.5. The first kappa shape index (κ1) is 21.9. The van der Waals surface area contributed by atoms with Crippen LogP contribution in [0.3, 0.4) is 0 Å². The van der Waals surface area contributed by atoms with E-state index in [-0.39, 0.29) is 24.0 Å². The first-order chi connectivity index (χ1) is 11.2. The number of guanidine groups is 1. The molecule has 142 valence electrons. The minimum Gasteiger partial charge on any atom is -0.378 e. The molecule has 2 heterocycles. The molecule has 0 aliphatic carbocycles. The smallest absolute Gasteiger partial charge is 0.193 e. The number of nitrogens with zero attached hydrogens (tertiary/aromatic N) is 4. The SMILES string of the molecule is CCOC1CCN(C(=NC)NCCN2CCCN(C)CC2)CC1.I. The van der Waals surface area contributed by atoms with E-state index >= 15 is 0 Å². The maximum atomic E-state index is 5.73. The number of nitrogens with one attached hydrogen (secondary N) is 1. The zero-order valence-corrected chi connectivity index (χ0v) is 18.0. The van der Waals surface area contributed by atoms with E-state index in [1.54, 1.807) is 0 Å². The second kappa shape index (κ2) is 12.3. The van der Waals surface area contributed by atoms with Gasteiger partial charge in [0.25, 0.3) is 0 Å². The van der Waals surface area contributed by atoms with Gasteiger partial charge in [0.05, 0.1) is 6.10 Å². The lowest BCUT2D eigenvalue weighted by atomic mass is 10.1. The Morgan fingerprint density at radius 3 is 2.54 bits per heavy atom. The Balaban J connectivity index is 0.00000288. The second-order valence-corrected chi connectivity index (χ2v) is 6.61. The Bertz CT molecular complexity index is 361. The molecule has 0 bridgehead atoms. The van der Waals surface area contributed by atoms with Gasteiger partial charge in [0.15, 0.2) is 5.96 Å². The third-order valence-electron chi connectivity index (χ3n) is 4.88. The third-order valence-corrected chi connectivity index (χ3v) is 4.88. The van der Waals surface area contributed by atoms with E-state index in [1.807, 2.05) is 7.05 Å². The molecule has 0 radical (unpaired) electrons. The number of halogens is 1. The quantitative estimate of drug-likeness (QED) is 0.387. The lowest BCUT2D eigenvalue weighted by Crippen LogP contribution is -2.48. The normalized spacial score (nSPS) is 22.1. The van der Waals surface area contributed by atoms with Gasteiger partial charge in [-0.25, -0.2) is 0 Å². The lowest BCUT2D eigenvalue weighted by molar-refractivity contribution is 0.0263. The molecular formula is C17H36IN5O. The van der Waals surface area contributed by atoms with Gasteiger partial charge in [0, 0.05) is 52.9 Å². The van der Waals surface area contributed by atoms with E-state index < -0.39 is 0 Å². The molecule has 0 saturated carbocycles. The number of aliphatic imine (C=N–C) groups is 1. The first-order valence-electron chi connectivity index (χ1n) is 9.21. The fraction of sp³-hybridized carbons (Fsp3) is 0.941. The Labute approximate surface area is 165 Å². The zero-order valence-electron chi connectivity index (χ0n) is 15.7. The van der Waals surface area contributed by atoms with Crippen LogP contribution in [-0.4, -0.2) is 99.8 Å². The maximum absolute atomic E-state index is 5.73. The summed E-state index contributed by atoms with van der Waals surface area (Å²) in [7, 11) is 4.10. The standard InChI is InChI=1S/C17H35N5O.HI/c1-4-23-16-6-11-22(12-7-16)17(18-2)19-8-13-21-10-5-9-20(3)14-15-21;/h16H,4-15H2,1-3H3,(H,18,19);1H. The van der Waals surface area contributed by atoms with Gasteiger partial charge >= 0.3 is 0 Å². The van der Waals surface area contributed by atoms with E-state index in [9.17, 15) is 0 Å². The van der Waals surface area contributed by atoms with E-state index in [1.165, 1.54) is 32.6 Å². The highest BCUT2D eigenvalue weighted by Crippen LogP contribution is 2.13. The number of rotatable bonds is 5. The highest BCUT2D eigenvalue weighted by atomic mass is 127. The molecule has 0 spiro atoms. The van der Waals surface area contributed by atoms with Crippen molar-refractivity contribution in [2.75, 3.05) is 73.1 Å². The van der Waals surface area contributed by atoms with Crippen molar-refractivity contribution in [1.82, 2.24) is 20.0 Å². The van der Waals surface area contributed by atoms with Gasteiger partial charge in [0.2, 0.25) is 0 Å². The van der Waals surface area contributed by atoms with Crippen LogP contribution in [0.2, 0.25) is 0 Å². The molecule has 24 heavy (non-hydrogen) atoms. The fourth-order valence-electron chi connectivity index (χ4n) is 3.45. The van der Waals surface area contributed by atoms with Crippen LogP contribution in [-0.2, 0) is 4.74 Å². The highest BCUT2D eigenvalue weighted by Gasteiger charge is 2.21. The molecular weight excluding hydrogens is 417 g/mol. The summed E-state index contributed by atoms with van der Waals surface area (Å²) < 4.78 is 5.73. The van der Waals surface area contributed by atoms with Crippen molar-refractivity contribution >= 4 is 29.9 Å². The summed E-state index contributed by atoms with van der Waals surface area (Å²) in [6.07, 6.45) is 3.92. The van der Waals surface area contributed by atoms with Crippen LogP contribution in [0.15, 0.2) is 4.99 Å². The van der Waals surface area contributed by atoms with Gasteiger partial charge < -0.3 is 24.8 Å². The maximum Gasteiger partial charge on any atom is 0.193 e. The van der Waals surface area contributed by atoms with Crippen molar-refractivity contribution in [1.29, 1.82) is 0 Å². The molecule has 0 amide bonds. The van der Waals surface area contributed by atoms with Crippen LogP contribution in [0.1, 0.15) is 26.2 Å². The van der Waals surface area contributed by atoms with Crippen molar-refractivity contribution in [2.24, 2.45) is 4.99 Å². The van der Waals surface area contributed by atoms with Crippen LogP contribution in [0.4, 0.5) is 0 Å². The van der Waals surface area contributed by atoms with Gasteiger partial charge in [-0.1, -0.05) is 0 Å². The molecule has 0 unspecified atom stereocenters. The minimum absolute atomic E-state index is 0. The van der Waals surface area contributed by atoms with Crippen LogP contribution >= 0.6 is 24.0 Å². The molecule has 2 fully saturated rings. The number of piperidine rings is 1. The van der Waals surface area contributed by atoms with Crippen LogP contribution in [0.25, 0.3) is 0 Å². The Morgan fingerprint density at radius 1 is 1.12 bits per heavy atom. The topological polar surface area (TPSA) is 43.3 Å².